The molecule has 1 aromatic carbocycles. The van der Waals surface area contributed by atoms with Crippen molar-refractivity contribution in [3.05, 3.63) is 46.2 Å². The molecule has 1 aliphatic heterocycles. The predicted molar refractivity (Wildman–Crippen MR) is 96.0 cm³/mol. The molecule has 2 aromatic rings. The Kier molecular flexibility index (Phi) is 5.18. The summed E-state index contributed by atoms with van der Waals surface area (Å²) in [6.45, 7) is 0.990. The van der Waals surface area contributed by atoms with E-state index in [4.69, 9.17) is 5.26 Å². The number of nitrogens with zero attached hydrogens (tertiary/aromatic N) is 2. The van der Waals surface area contributed by atoms with Gasteiger partial charge in [-0.25, -0.2) is 8.42 Å². The van der Waals surface area contributed by atoms with E-state index in [2.05, 4.69) is 5.32 Å². The van der Waals surface area contributed by atoms with Gasteiger partial charge in [0.1, 0.15) is 9.77 Å². The van der Waals surface area contributed by atoms with Crippen LogP contribution in [0.25, 0.3) is 0 Å². The van der Waals surface area contributed by atoms with Crippen LogP contribution in [0.1, 0.15) is 34.5 Å². The van der Waals surface area contributed by atoms with E-state index >= 15 is 0 Å². The summed E-state index contributed by atoms with van der Waals surface area (Å²) in [4.78, 5) is 12.8. The molecule has 1 aliphatic rings. The molecular formula is C17H17N3O3S2. The van der Waals surface area contributed by atoms with Gasteiger partial charge in [0.25, 0.3) is 5.91 Å². The first-order valence-electron chi connectivity index (χ1n) is 7.91. The van der Waals surface area contributed by atoms with Crippen molar-refractivity contribution in [3.8, 4) is 6.07 Å². The third-order valence-corrected chi connectivity index (χ3v) is 7.02. The SMILES string of the molecule is N#Cc1ccc(NC(=O)c2sccc2S(=O)(=O)N2CCCCC2)cc1. The zero-order valence-electron chi connectivity index (χ0n) is 13.4. The number of hydrogen-bond donors (Lipinski definition) is 1. The number of benzene rings is 1. The highest BCUT2D eigenvalue weighted by Crippen LogP contribution is 2.28. The molecule has 0 bridgehead atoms. The second-order valence-electron chi connectivity index (χ2n) is 5.72. The fourth-order valence-electron chi connectivity index (χ4n) is 2.73. The lowest BCUT2D eigenvalue weighted by Gasteiger charge is -2.25. The number of amides is 1. The summed E-state index contributed by atoms with van der Waals surface area (Å²) in [7, 11) is -3.66. The predicted octanol–water partition coefficient (Wildman–Crippen LogP) is 3.05. The number of sulfonamides is 1. The summed E-state index contributed by atoms with van der Waals surface area (Å²) in [5.41, 5.74) is 1.00. The van der Waals surface area contributed by atoms with Crippen molar-refractivity contribution >= 4 is 33.0 Å². The molecule has 1 N–H and O–H groups in total. The molecule has 25 heavy (non-hydrogen) atoms. The van der Waals surface area contributed by atoms with Crippen molar-refractivity contribution in [2.24, 2.45) is 0 Å². The van der Waals surface area contributed by atoms with Crippen LogP contribution >= 0.6 is 11.3 Å². The normalized spacial score (nSPS) is 15.5. The zero-order chi connectivity index (χ0) is 17.9. The molecule has 1 amide bonds. The Morgan fingerprint density at radius 2 is 1.80 bits per heavy atom. The van der Waals surface area contributed by atoms with E-state index in [9.17, 15) is 13.2 Å². The van der Waals surface area contributed by atoms with Crippen molar-refractivity contribution in [2.75, 3.05) is 18.4 Å². The van der Waals surface area contributed by atoms with E-state index in [1.54, 1.807) is 29.6 Å². The van der Waals surface area contributed by atoms with E-state index in [-0.39, 0.29) is 9.77 Å². The van der Waals surface area contributed by atoms with E-state index < -0.39 is 15.9 Å². The first-order chi connectivity index (χ1) is 12.0. The summed E-state index contributed by atoms with van der Waals surface area (Å²) in [6, 6.07) is 9.91. The van der Waals surface area contributed by atoms with Crippen LogP contribution in [0.2, 0.25) is 0 Å². The van der Waals surface area contributed by atoms with Crippen LogP contribution in [0.5, 0.6) is 0 Å². The lowest BCUT2D eigenvalue weighted by atomic mass is 10.2. The fraction of sp³-hybridized carbons (Fsp3) is 0.294. The largest absolute Gasteiger partial charge is 0.321 e. The Labute approximate surface area is 150 Å². The molecule has 130 valence electrons. The number of piperidine rings is 1. The molecule has 0 atom stereocenters. The molecule has 1 aromatic heterocycles. The fourth-order valence-corrected chi connectivity index (χ4v) is 5.54. The lowest BCUT2D eigenvalue weighted by molar-refractivity contribution is 0.102. The Hall–Kier alpha value is -2.21. The summed E-state index contributed by atoms with van der Waals surface area (Å²) in [5.74, 6) is -0.463. The summed E-state index contributed by atoms with van der Waals surface area (Å²) >= 11 is 1.11. The molecule has 0 saturated carbocycles. The van der Waals surface area contributed by atoms with Crippen LogP contribution < -0.4 is 5.32 Å². The van der Waals surface area contributed by atoms with E-state index in [1.807, 2.05) is 6.07 Å². The van der Waals surface area contributed by atoms with Gasteiger partial charge >= 0.3 is 0 Å². The number of anilines is 1. The van der Waals surface area contributed by atoms with E-state index in [0.29, 0.717) is 24.3 Å². The average molecular weight is 375 g/mol. The minimum atomic E-state index is -3.66. The van der Waals surface area contributed by atoms with Crippen molar-refractivity contribution < 1.29 is 13.2 Å². The van der Waals surface area contributed by atoms with Crippen LogP contribution in [-0.4, -0.2) is 31.7 Å². The number of thiophene rings is 1. The quantitative estimate of drug-likeness (QED) is 0.889. The van der Waals surface area contributed by atoms with Gasteiger partial charge in [-0.05, 0) is 48.6 Å². The first-order valence-corrected chi connectivity index (χ1v) is 10.2. The van der Waals surface area contributed by atoms with Gasteiger partial charge in [0.2, 0.25) is 10.0 Å². The molecule has 0 spiro atoms. The maximum Gasteiger partial charge on any atom is 0.267 e. The molecule has 2 heterocycles. The van der Waals surface area contributed by atoms with Crippen molar-refractivity contribution in [1.29, 1.82) is 5.26 Å². The van der Waals surface area contributed by atoms with Crippen molar-refractivity contribution in [2.45, 2.75) is 24.2 Å². The third-order valence-electron chi connectivity index (χ3n) is 4.04. The molecule has 1 saturated heterocycles. The number of hydrogen-bond acceptors (Lipinski definition) is 5. The summed E-state index contributed by atoms with van der Waals surface area (Å²) < 4.78 is 27.1. The molecule has 0 aliphatic carbocycles. The average Bonchev–Trinajstić information content (AvgIpc) is 3.14. The van der Waals surface area contributed by atoms with Gasteiger partial charge < -0.3 is 5.32 Å². The minimum Gasteiger partial charge on any atom is -0.321 e. The molecule has 3 rings (SSSR count). The van der Waals surface area contributed by atoms with Gasteiger partial charge in [0, 0.05) is 18.8 Å². The van der Waals surface area contributed by atoms with Crippen LogP contribution in [0.3, 0.4) is 0 Å². The number of nitriles is 1. The van der Waals surface area contributed by atoms with Crippen molar-refractivity contribution in [1.82, 2.24) is 4.31 Å². The molecule has 1 fully saturated rings. The third kappa shape index (κ3) is 3.74. The lowest BCUT2D eigenvalue weighted by Crippen LogP contribution is -2.36. The smallest absolute Gasteiger partial charge is 0.267 e. The Bertz CT molecular complexity index is 905. The zero-order valence-corrected chi connectivity index (χ0v) is 15.1. The first kappa shape index (κ1) is 17.6. The molecule has 0 unspecified atom stereocenters. The van der Waals surface area contributed by atoms with Crippen LogP contribution in [0.15, 0.2) is 40.6 Å². The monoisotopic (exact) mass is 375 g/mol. The standard InChI is InChI=1S/C17H17N3O3S2/c18-12-13-4-6-14(7-5-13)19-17(21)16-15(8-11-24-16)25(22,23)20-9-2-1-3-10-20/h4-8,11H,1-3,9-10H2,(H,19,21). The Morgan fingerprint density at radius 1 is 1.12 bits per heavy atom. The van der Waals surface area contributed by atoms with Crippen LogP contribution in [0, 0.1) is 11.3 Å². The minimum absolute atomic E-state index is 0.0607. The topological polar surface area (TPSA) is 90.3 Å². The van der Waals surface area contributed by atoms with Crippen molar-refractivity contribution in [3.63, 3.8) is 0 Å². The van der Waals surface area contributed by atoms with Gasteiger partial charge in [-0.2, -0.15) is 9.57 Å². The Balaban J connectivity index is 1.82. The van der Waals surface area contributed by atoms with Gasteiger partial charge in [-0.1, -0.05) is 6.42 Å². The van der Waals surface area contributed by atoms with Gasteiger partial charge in [0.05, 0.1) is 11.6 Å². The van der Waals surface area contributed by atoms with Crippen LogP contribution in [0.4, 0.5) is 5.69 Å². The molecule has 8 heteroatoms. The highest BCUT2D eigenvalue weighted by Gasteiger charge is 2.30. The maximum atomic E-state index is 12.8. The van der Waals surface area contributed by atoms with Gasteiger partial charge in [0.15, 0.2) is 0 Å². The Morgan fingerprint density at radius 3 is 2.44 bits per heavy atom. The number of nitrogens with one attached hydrogen (secondary N) is 1. The number of carbonyl (C=O) groups is 1. The second-order valence-corrected chi connectivity index (χ2v) is 8.54. The summed E-state index contributed by atoms with van der Waals surface area (Å²) in [5, 5.41) is 13.1. The van der Waals surface area contributed by atoms with E-state index in [1.165, 1.54) is 10.4 Å². The van der Waals surface area contributed by atoms with Gasteiger partial charge in [-0.3, -0.25) is 4.79 Å². The highest BCUT2D eigenvalue weighted by molar-refractivity contribution is 7.89. The van der Waals surface area contributed by atoms with E-state index in [0.717, 1.165) is 30.6 Å². The highest BCUT2D eigenvalue weighted by atomic mass is 32.2. The summed E-state index contributed by atoms with van der Waals surface area (Å²) in [6.07, 6.45) is 2.72. The maximum absolute atomic E-state index is 12.8. The number of rotatable bonds is 4. The molecule has 0 radical (unpaired) electrons. The van der Waals surface area contributed by atoms with Gasteiger partial charge in [-0.15, -0.1) is 11.3 Å². The molecule has 6 nitrogen and oxygen atoms in total. The number of carbonyl (C=O) groups excluding carboxylic acids is 1. The second kappa shape index (κ2) is 7.35. The van der Waals surface area contributed by atoms with Crippen LogP contribution in [-0.2, 0) is 10.0 Å². The molecular weight excluding hydrogens is 358 g/mol.